The van der Waals surface area contributed by atoms with Gasteiger partial charge in [0.1, 0.15) is 5.82 Å². The molecule has 26 heavy (non-hydrogen) atoms. The number of aromatic nitrogens is 4. The van der Waals surface area contributed by atoms with E-state index >= 15 is 0 Å². The molecule has 136 valence electrons. The molecule has 4 rings (SSSR count). The van der Waals surface area contributed by atoms with E-state index in [-0.39, 0.29) is 46.1 Å². The number of halogens is 4. The fourth-order valence-electron chi connectivity index (χ4n) is 2.72. The van der Waals surface area contributed by atoms with Gasteiger partial charge in [0.15, 0.2) is 23.0 Å². The minimum Gasteiger partial charge on any atom is -0.454 e. The van der Waals surface area contributed by atoms with E-state index < -0.39 is 11.9 Å². The number of fused-ring (bicyclic) bond motifs is 1. The average Bonchev–Trinajstić information content (AvgIpc) is 3.24. The zero-order valence-corrected chi connectivity index (χ0v) is 14.0. The molecule has 7 nitrogen and oxygen atoms in total. The van der Waals surface area contributed by atoms with Crippen LogP contribution >= 0.6 is 11.6 Å². The van der Waals surface area contributed by atoms with Gasteiger partial charge in [-0.15, -0.1) is 0 Å². The van der Waals surface area contributed by atoms with Gasteiger partial charge in [-0.05, 0) is 17.7 Å². The van der Waals surface area contributed by atoms with Crippen LogP contribution in [0.3, 0.4) is 0 Å². The Morgan fingerprint density at radius 1 is 1.23 bits per heavy atom. The smallest absolute Gasteiger partial charge is 0.435 e. The highest BCUT2D eigenvalue weighted by atomic mass is 35.5. The second kappa shape index (κ2) is 5.56. The summed E-state index contributed by atoms with van der Waals surface area (Å²) in [5.41, 5.74) is 4.68. The largest absolute Gasteiger partial charge is 0.454 e. The van der Waals surface area contributed by atoms with E-state index in [2.05, 4.69) is 10.2 Å². The van der Waals surface area contributed by atoms with Crippen LogP contribution in [0.25, 0.3) is 16.9 Å². The summed E-state index contributed by atoms with van der Waals surface area (Å²) in [6.07, 6.45) is -3.16. The maximum absolute atomic E-state index is 13.6. The van der Waals surface area contributed by atoms with E-state index in [4.69, 9.17) is 26.8 Å². The number of anilines is 1. The van der Waals surface area contributed by atoms with Crippen molar-refractivity contribution in [2.24, 2.45) is 7.05 Å². The van der Waals surface area contributed by atoms with Gasteiger partial charge in [-0.1, -0.05) is 11.6 Å². The maximum Gasteiger partial charge on any atom is 0.435 e. The van der Waals surface area contributed by atoms with E-state index in [1.165, 1.54) is 22.9 Å². The number of benzene rings is 1. The van der Waals surface area contributed by atoms with Crippen molar-refractivity contribution >= 4 is 17.4 Å². The molecule has 0 amide bonds. The van der Waals surface area contributed by atoms with Gasteiger partial charge in [-0.3, -0.25) is 4.68 Å². The zero-order chi connectivity index (χ0) is 18.6. The standard InChI is InChI=1S/C15H11ClF3N5O2/c1-23-3-2-10(21-23)24-14(20)11(13(22-24)15(17,18)19)7-4-8(16)12-9(5-7)25-6-26-12/h2-5H,6,20H2,1H3. The summed E-state index contributed by atoms with van der Waals surface area (Å²) in [6.45, 7) is -0.0622. The molecule has 0 aliphatic carbocycles. The van der Waals surface area contributed by atoms with Gasteiger partial charge >= 0.3 is 6.18 Å². The summed E-state index contributed by atoms with van der Waals surface area (Å²) in [5.74, 6) is 0.463. The van der Waals surface area contributed by atoms with Crippen LogP contribution in [0.15, 0.2) is 24.4 Å². The van der Waals surface area contributed by atoms with Crippen LogP contribution in [-0.4, -0.2) is 26.4 Å². The van der Waals surface area contributed by atoms with Crippen molar-refractivity contribution in [2.45, 2.75) is 6.18 Å². The summed E-state index contributed by atoms with van der Waals surface area (Å²) in [5, 5.41) is 7.80. The Balaban J connectivity index is 1.96. The molecule has 0 saturated heterocycles. The van der Waals surface area contributed by atoms with E-state index in [0.29, 0.717) is 0 Å². The molecule has 0 bridgehead atoms. The molecule has 0 spiro atoms. The van der Waals surface area contributed by atoms with Crippen molar-refractivity contribution in [3.63, 3.8) is 0 Å². The lowest BCUT2D eigenvalue weighted by atomic mass is 10.0. The second-order valence-corrected chi connectivity index (χ2v) is 5.97. The fraction of sp³-hybridized carbons (Fsp3) is 0.200. The molecule has 2 aromatic heterocycles. The van der Waals surface area contributed by atoms with Gasteiger partial charge < -0.3 is 15.2 Å². The molecule has 0 fully saturated rings. The van der Waals surface area contributed by atoms with Crippen molar-refractivity contribution in [3.05, 3.63) is 35.1 Å². The van der Waals surface area contributed by atoms with Gasteiger partial charge in [0.05, 0.1) is 10.6 Å². The molecule has 1 aliphatic heterocycles. The molecule has 1 aromatic carbocycles. The number of nitrogen functional groups attached to an aromatic ring is 1. The van der Waals surface area contributed by atoms with E-state index in [0.717, 1.165) is 4.68 Å². The number of ether oxygens (including phenoxy) is 2. The third kappa shape index (κ3) is 2.53. The Labute approximate surface area is 149 Å². The van der Waals surface area contributed by atoms with Crippen LogP contribution in [-0.2, 0) is 13.2 Å². The Kier molecular flexibility index (Phi) is 3.55. The lowest BCUT2D eigenvalue weighted by Crippen LogP contribution is -2.09. The van der Waals surface area contributed by atoms with E-state index in [9.17, 15) is 13.2 Å². The molecular weight excluding hydrogens is 375 g/mol. The molecule has 3 aromatic rings. The van der Waals surface area contributed by atoms with Crippen LogP contribution < -0.4 is 15.2 Å². The van der Waals surface area contributed by atoms with Gasteiger partial charge in [0, 0.05) is 19.3 Å². The molecule has 0 unspecified atom stereocenters. The fourth-order valence-corrected chi connectivity index (χ4v) is 2.98. The molecule has 0 radical (unpaired) electrons. The first-order valence-electron chi connectivity index (χ1n) is 7.31. The number of nitrogens with zero attached hydrogens (tertiary/aromatic N) is 4. The van der Waals surface area contributed by atoms with Crippen LogP contribution in [0.1, 0.15) is 5.69 Å². The average molecular weight is 386 g/mol. The molecule has 3 heterocycles. The minimum absolute atomic E-state index is 0.0622. The third-order valence-electron chi connectivity index (χ3n) is 3.82. The highest BCUT2D eigenvalue weighted by Gasteiger charge is 2.40. The summed E-state index contributed by atoms with van der Waals surface area (Å²) in [4.78, 5) is 0. The predicted molar refractivity (Wildman–Crippen MR) is 86.3 cm³/mol. The van der Waals surface area contributed by atoms with Crippen LogP contribution in [0.5, 0.6) is 11.5 Å². The van der Waals surface area contributed by atoms with Gasteiger partial charge in [0.2, 0.25) is 6.79 Å². The zero-order valence-electron chi connectivity index (χ0n) is 13.2. The molecular formula is C15H11ClF3N5O2. The third-order valence-corrected chi connectivity index (χ3v) is 4.10. The van der Waals surface area contributed by atoms with Gasteiger partial charge in [0.25, 0.3) is 0 Å². The molecule has 0 atom stereocenters. The van der Waals surface area contributed by atoms with Gasteiger partial charge in [-0.25, -0.2) is 0 Å². The predicted octanol–water partition coefficient (Wildman–Crippen LogP) is 3.26. The van der Waals surface area contributed by atoms with Crippen molar-refractivity contribution in [3.8, 4) is 28.4 Å². The maximum atomic E-state index is 13.6. The second-order valence-electron chi connectivity index (χ2n) is 5.56. The first kappa shape index (κ1) is 16.6. The van der Waals surface area contributed by atoms with E-state index in [1.54, 1.807) is 13.2 Å². The minimum atomic E-state index is -4.73. The first-order chi connectivity index (χ1) is 12.3. The van der Waals surface area contributed by atoms with Crippen LogP contribution in [0.4, 0.5) is 19.0 Å². The summed E-state index contributed by atoms with van der Waals surface area (Å²) in [7, 11) is 1.63. The van der Waals surface area contributed by atoms with Gasteiger partial charge in [-0.2, -0.15) is 28.1 Å². The van der Waals surface area contributed by atoms with Crippen molar-refractivity contribution in [2.75, 3.05) is 12.5 Å². The Hall–Kier alpha value is -2.88. The number of alkyl halides is 3. The van der Waals surface area contributed by atoms with Crippen molar-refractivity contribution in [1.29, 1.82) is 0 Å². The lowest BCUT2D eigenvalue weighted by Gasteiger charge is -2.09. The SMILES string of the molecule is Cn1ccc(-n2nc(C(F)(F)F)c(-c3cc(Cl)c4c(c3)OCO4)c2N)n1. The van der Waals surface area contributed by atoms with Crippen LogP contribution in [0.2, 0.25) is 5.02 Å². The quantitative estimate of drug-likeness (QED) is 0.732. The number of hydrogen-bond acceptors (Lipinski definition) is 5. The molecule has 11 heteroatoms. The van der Waals surface area contributed by atoms with E-state index in [1.807, 2.05) is 0 Å². The highest BCUT2D eigenvalue weighted by Crippen LogP contribution is 2.46. The van der Waals surface area contributed by atoms with Crippen molar-refractivity contribution < 1.29 is 22.6 Å². The number of aryl methyl sites for hydroxylation is 1. The Morgan fingerprint density at radius 2 is 2.00 bits per heavy atom. The topological polar surface area (TPSA) is 80.1 Å². The molecule has 2 N–H and O–H groups in total. The Bertz CT molecular complexity index is 1010. The molecule has 1 aliphatic rings. The monoisotopic (exact) mass is 385 g/mol. The normalized spacial score (nSPS) is 13.4. The number of nitrogens with two attached hydrogens (primary N) is 1. The van der Waals surface area contributed by atoms with Crippen LogP contribution in [0, 0.1) is 0 Å². The summed E-state index contributed by atoms with van der Waals surface area (Å²) < 4.78 is 53.5. The first-order valence-corrected chi connectivity index (χ1v) is 7.68. The molecule has 0 saturated carbocycles. The number of rotatable bonds is 2. The Morgan fingerprint density at radius 3 is 2.65 bits per heavy atom. The number of hydrogen-bond donors (Lipinski definition) is 1. The van der Waals surface area contributed by atoms with Crippen molar-refractivity contribution in [1.82, 2.24) is 19.6 Å². The summed E-state index contributed by atoms with van der Waals surface area (Å²) in [6, 6.07) is 4.22. The summed E-state index contributed by atoms with van der Waals surface area (Å²) >= 11 is 6.10. The lowest BCUT2D eigenvalue weighted by molar-refractivity contribution is -0.140. The highest BCUT2D eigenvalue weighted by molar-refractivity contribution is 6.32.